The van der Waals surface area contributed by atoms with Gasteiger partial charge in [-0.3, -0.25) is 0 Å². The molecule has 0 fully saturated rings. The van der Waals surface area contributed by atoms with E-state index in [4.69, 9.17) is 0 Å². The third-order valence-corrected chi connectivity index (χ3v) is 0. The van der Waals surface area contributed by atoms with Gasteiger partial charge in [0, 0.05) is 37.2 Å². The summed E-state index contributed by atoms with van der Waals surface area (Å²) in [5, 5.41) is 0. The largest absolute Gasteiger partial charge is 1.00 e. The minimum absolute atomic E-state index is 0. The third-order valence-electron chi connectivity index (χ3n) is 0. The Morgan fingerprint density at radius 2 is 1.25 bits per heavy atom. The molecule has 4 heavy (non-hydrogen) atoms. The molecule has 0 saturated heterocycles. The van der Waals surface area contributed by atoms with Gasteiger partial charge in [-0.15, -0.1) is 24.0 Å². The SMILES string of the molecule is I.II.[H-].[K+]. The van der Waals surface area contributed by atoms with Crippen molar-refractivity contribution in [1.29, 1.82) is 0 Å². The Labute approximate surface area is 110 Å². The van der Waals surface area contributed by atoms with Gasteiger partial charge in [0.2, 0.25) is 0 Å². The number of halogens is 3. The van der Waals surface area contributed by atoms with Gasteiger partial charge in [-0.1, -0.05) is 0 Å². The first-order valence-electron chi connectivity index (χ1n) is 0.143. The standard InChI is InChI=1S/I2.HI.K.H/c1-2;;;/h;1H;;/q;;+1;-1. The van der Waals surface area contributed by atoms with Gasteiger partial charge in [0.05, 0.1) is 0 Å². The maximum atomic E-state index is 2.12. The molecule has 0 amide bonds. The van der Waals surface area contributed by atoms with E-state index in [1.165, 1.54) is 0 Å². The van der Waals surface area contributed by atoms with Crippen LogP contribution < -0.4 is 51.4 Å². The molecule has 0 saturated carbocycles. The molecule has 0 nitrogen and oxygen atoms in total. The molecular weight excluding hydrogens is 420 g/mol. The van der Waals surface area contributed by atoms with Crippen molar-refractivity contribution in [3.05, 3.63) is 0 Å². The first-order chi connectivity index (χ1) is 1.00. The molecule has 4 heteroatoms. The molecule has 0 aliphatic carbocycles. The second-order valence-electron chi connectivity index (χ2n) is 0. The zero-order chi connectivity index (χ0) is 2.00. The molecule has 0 rings (SSSR count). The van der Waals surface area contributed by atoms with Gasteiger partial charge in [0.25, 0.3) is 0 Å². The Morgan fingerprint density at radius 1 is 1.25 bits per heavy atom. The smallest absolute Gasteiger partial charge is 1.00 e. The Hall–Kier alpha value is 3.83. The molecule has 0 radical (unpaired) electrons. The number of hydrogen-bond donors (Lipinski definition) is 0. The van der Waals surface area contributed by atoms with Crippen LogP contribution in [0.25, 0.3) is 0 Å². The molecule has 0 aliphatic rings. The second-order valence-corrected chi connectivity index (χ2v) is 0. The summed E-state index contributed by atoms with van der Waals surface area (Å²) in [6.45, 7) is 0. The monoisotopic (exact) mass is 422 g/mol. The molecular formula is H2I3K. The molecule has 0 unspecified atom stereocenters. The molecule has 0 atom stereocenters. The first-order valence-corrected chi connectivity index (χ1v) is 6.43. The van der Waals surface area contributed by atoms with E-state index < -0.39 is 0 Å². The van der Waals surface area contributed by atoms with Crippen LogP contribution in [0.4, 0.5) is 0 Å². The fourth-order valence-corrected chi connectivity index (χ4v) is 0. The fraction of sp³-hybridized carbons (Fsp3) is 0. The zero-order valence-corrected chi connectivity index (χ0v) is 11.9. The summed E-state index contributed by atoms with van der Waals surface area (Å²) in [5.41, 5.74) is 0. The van der Waals surface area contributed by atoms with Crippen LogP contribution in [0.3, 0.4) is 0 Å². The molecule has 0 aromatic rings. The Kier molecular flexibility index (Phi) is 62.0. The summed E-state index contributed by atoms with van der Waals surface area (Å²) in [4.78, 5) is 0. The molecule has 0 aliphatic heterocycles. The number of rotatable bonds is 0. The van der Waals surface area contributed by atoms with Gasteiger partial charge in [0.15, 0.2) is 0 Å². The summed E-state index contributed by atoms with van der Waals surface area (Å²) in [6, 6.07) is 0. The van der Waals surface area contributed by atoms with Crippen molar-refractivity contribution in [2.24, 2.45) is 0 Å². The fourth-order valence-electron chi connectivity index (χ4n) is 0. The molecule has 0 aromatic carbocycles. The molecule has 0 aromatic heterocycles. The van der Waals surface area contributed by atoms with Crippen molar-refractivity contribution in [2.75, 3.05) is 0 Å². The van der Waals surface area contributed by atoms with Gasteiger partial charge in [0.1, 0.15) is 0 Å². The minimum atomic E-state index is 0. The molecule has 0 heterocycles. The average Bonchev–Trinajstić information content (AvgIpc) is 1.00. The second kappa shape index (κ2) is 15.8. The maximum absolute atomic E-state index is 2.12. The van der Waals surface area contributed by atoms with Gasteiger partial charge >= 0.3 is 51.4 Å². The van der Waals surface area contributed by atoms with E-state index in [1.807, 2.05) is 0 Å². The van der Waals surface area contributed by atoms with Crippen LogP contribution in [0.15, 0.2) is 0 Å². The van der Waals surface area contributed by atoms with Crippen LogP contribution in [0, 0.1) is 0 Å². The normalized spacial score (nSPS) is 1.50. The van der Waals surface area contributed by atoms with Crippen LogP contribution in [0.2, 0.25) is 0 Å². The Morgan fingerprint density at radius 3 is 1.25 bits per heavy atom. The van der Waals surface area contributed by atoms with E-state index in [0.717, 1.165) is 0 Å². The minimum Gasteiger partial charge on any atom is -1.00 e. The van der Waals surface area contributed by atoms with Crippen LogP contribution in [0.5, 0.6) is 0 Å². The number of hydrogen-bond acceptors (Lipinski definition) is 0. The van der Waals surface area contributed by atoms with Crippen molar-refractivity contribution in [3.8, 4) is 0 Å². The van der Waals surface area contributed by atoms with Crippen molar-refractivity contribution in [3.63, 3.8) is 0 Å². The summed E-state index contributed by atoms with van der Waals surface area (Å²) in [6.07, 6.45) is 0. The van der Waals surface area contributed by atoms with Crippen molar-refractivity contribution >= 4 is 61.2 Å². The summed E-state index contributed by atoms with van der Waals surface area (Å²) in [5.74, 6) is 0. The quantitative estimate of drug-likeness (QED) is 0.366. The maximum Gasteiger partial charge on any atom is 1.00 e. The zero-order valence-electron chi connectivity index (χ0n) is 3.16. The van der Waals surface area contributed by atoms with E-state index in [9.17, 15) is 0 Å². The average molecular weight is 422 g/mol. The van der Waals surface area contributed by atoms with Crippen LogP contribution in [-0.4, -0.2) is 0 Å². The molecule has 24 valence electrons. The van der Waals surface area contributed by atoms with E-state index in [1.54, 1.807) is 0 Å². The van der Waals surface area contributed by atoms with E-state index in [-0.39, 0.29) is 76.8 Å². The topological polar surface area (TPSA) is 0 Å². The predicted octanol–water partition coefficient (Wildman–Crippen LogP) is -0.494. The Balaban J connectivity index is -0.00000000167. The molecule has 0 bridgehead atoms. The van der Waals surface area contributed by atoms with Gasteiger partial charge in [-0.05, 0) is 0 Å². The molecule has 0 N–H and O–H groups in total. The summed E-state index contributed by atoms with van der Waals surface area (Å²) >= 11 is 4.24. The van der Waals surface area contributed by atoms with Crippen LogP contribution >= 0.6 is 61.2 Å². The Bertz CT molecular complexity index is 6.85. The summed E-state index contributed by atoms with van der Waals surface area (Å²) in [7, 11) is 0. The van der Waals surface area contributed by atoms with Crippen molar-refractivity contribution in [2.45, 2.75) is 0 Å². The first kappa shape index (κ1) is 15.7. The van der Waals surface area contributed by atoms with Crippen molar-refractivity contribution < 1.29 is 52.8 Å². The van der Waals surface area contributed by atoms with E-state index >= 15 is 0 Å². The molecule has 0 spiro atoms. The summed E-state index contributed by atoms with van der Waals surface area (Å²) < 4.78 is 0. The van der Waals surface area contributed by atoms with Gasteiger partial charge in [-0.25, -0.2) is 0 Å². The van der Waals surface area contributed by atoms with Crippen molar-refractivity contribution in [1.82, 2.24) is 0 Å². The van der Waals surface area contributed by atoms with Gasteiger partial charge < -0.3 is 1.43 Å². The predicted molar refractivity (Wildman–Crippen MR) is 44.6 cm³/mol. The van der Waals surface area contributed by atoms with E-state index in [0.29, 0.717) is 0 Å². The van der Waals surface area contributed by atoms with Crippen LogP contribution in [0.1, 0.15) is 1.43 Å². The van der Waals surface area contributed by atoms with Crippen LogP contribution in [-0.2, 0) is 0 Å². The van der Waals surface area contributed by atoms with Gasteiger partial charge in [-0.2, -0.15) is 0 Å². The third kappa shape index (κ3) is 9.27. The van der Waals surface area contributed by atoms with E-state index in [2.05, 4.69) is 37.2 Å².